The van der Waals surface area contributed by atoms with Gasteiger partial charge in [0.25, 0.3) is 0 Å². The van der Waals surface area contributed by atoms with Crippen molar-refractivity contribution in [2.24, 2.45) is 0 Å². The predicted octanol–water partition coefficient (Wildman–Crippen LogP) is -0.279. The van der Waals surface area contributed by atoms with Crippen LogP contribution in [0.5, 0.6) is 0 Å². The van der Waals surface area contributed by atoms with Gasteiger partial charge < -0.3 is 14.8 Å². The fourth-order valence-corrected chi connectivity index (χ4v) is 1.38. The van der Waals surface area contributed by atoms with Crippen molar-refractivity contribution in [1.82, 2.24) is 5.32 Å². The van der Waals surface area contributed by atoms with E-state index in [0.29, 0.717) is 19.0 Å². The Morgan fingerprint density at radius 3 is 3.00 bits per heavy atom. The molecule has 2 fully saturated rings. The monoisotopic (exact) mass is 129 g/mol. The zero-order valence-corrected chi connectivity index (χ0v) is 5.30. The maximum atomic E-state index is 5.29. The molecule has 0 aromatic rings. The number of rotatable bonds is 0. The summed E-state index contributed by atoms with van der Waals surface area (Å²) in [5.41, 5.74) is 0. The molecule has 0 aromatic heterocycles. The molecule has 0 radical (unpaired) electrons. The van der Waals surface area contributed by atoms with Crippen LogP contribution in [0, 0.1) is 0 Å². The number of hydrogen-bond donors (Lipinski definition) is 1. The molecule has 2 aliphatic rings. The van der Waals surface area contributed by atoms with Crippen LogP contribution >= 0.6 is 0 Å². The molecule has 0 amide bonds. The Hall–Kier alpha value is -0.120. The normalized spacial score (nSPS) is 42.7. The minimum absolute atomic E-state index is 0.332. The van der Waals surface area contributed by atoms with E-state index in [4.69, 9.17) is 9.47 Å². The lowest BCUT2D eigenvalue weighted by Gasteiger charge is -2.22. The lowest BCUT2D eigenvalue weighted by atomic mass is 10.1. The highest BCUT2D eigenvalue weighted by atomic mass is 16.7. The van der Waals surface area contributed by atoms with Crippen molar-refractivity contribution in [2.45, 2.75) is 18.6 Å². The molecule has 2 saturated heterocycles. The Balaban J connectivity index is 1.97. The second-order valence-electron chi connectivity index (χ2n) is 2.52. The molecule has 3 heteroatoms. The van der Waals surface area contributed by atoms with Crippen LogP contribution in [0.3, 0.4) is 0 Å². The van der Waals surface area contributed by atoms with Crippen LogP contribution in [0.4, 0.5) is 0 Å². The van der Waals surface area contributed by atoms with Gasteiger partial charge in [0.1, 0.15) is 6.79 Å². The van der Waals surface area contributed by atoms with Gasteiger partial charge in [-0.1, -0.05) is 0 Å². The van der Waals surface area contributed by atoms with E-state index in [-0.39, 0.29) is 0 Å². The molecule has 3 nitrogen and oxygen atoms in total. The Morgan fingerprint density at radius 2 is 2.11 bits per heavy atom. The molecule has 2 rings (SSSR count). The third kappa shape index (κ3) is 0.956. The number of hydrogen-bond acceptors (Lipinski definition) is 3. The molecule has 2 unspecified atom stereocenters. The lowest BCUT2D eigenvalue weighted by Crippen LogP contribution is -2.41. The van der Waals surface area contributed by atoms with Crippen molar-refractivity contribution >= 4 is 0 Å². The summed E-state index contributed by atoms with van der Waals surface area (Å²) >= 11 is 0. The fraction of sp³-hybridized carbons (Fsp3) is 1.00. The summed E-state index contributed by atoms with van der Waals surface area (Å²) in [7, 11) is 0. The summed E-state index contributed by atoms with van der Waals surface area (Å²) < 4.78 is 10.6. The Kier molecular flexibility index (Phi) is 1.41. The minimum Gasteiger partial charge on any atom is -0.349 e. The molecular weight excluding hydrogens is 118 g/mol. The Morgan fingerprint density at radius 1 is 1.22 bits per heavy atom. The number of nitrogens with one attached hydrogen (secondary N) is 1. The van der Waals surface area contributed by atoms with Gasteiger partial charge in [0.2, 0.25) is 0 Å². The third-order valence-corrected chi connectivity index (χ3v) is 1.93. The van der Waals surface area contributed by atoms with Gasteiger partial charge in [-0.05, 0) is 13.0 Å². The zero-order valence-electron chi connectivity index (χ0n) is 5.30. The minimum atomic E-state index is 0.332. The molecule has 0 bridgehead atoms. The van der Waals surface area contributed by atoms with E-state index < -0.39 is 0 Å². The van der Waals surface area contributed by atoms with Crippen LogP contribution in [0.1, 0.15) is 6.42 Å². The van der Waals surface area contributed by atoms with E-state index in [0.717, 1.165) is 19.5 Å². The van der Waals surface area contributed by atoms with E-state index >= 15 is 0 Å². The van der Waals surface area contributed by atoms with E-state index in [9.17, 15) is 0 Å². The molecule has 0 aromatic carbocycles. The van der Waals surface area contributed by atoms with Crippen molar-refractivity contribution < 1.29 is 9.47 Å². The van der Waals surface area contributed by atoms with Crippen molar-refractivity contribution in [3.05, 3.63) is 0 Å². The number of ether oxygens (including phenoxy) is 2. The fourth-order valence-electron chi connectivity index (χ4n) is 1.38. The molecule has 0 spiro atoms. The summed E-state index contributed by atoms with van der Waals surface area (Å²) in [6.45, 7) is 2.53. The van der Waals surface area contributed by atoms with Gasteiger partial charge in [-0.25, -0.2) is 0 Å². The van der Waals surface area contributed by atoms with Gasteiger partial charge in [-0.2, -0.15) is 0 Å². The highest BCUT2D eigenvalue weighted by Gasteiger charge is 2.30. The van der Waals surface area contributed by atoms with Crippen LogP contribution < -0.4 is 5.32 Å². The maximum absolute atomic E-state index is 5.29. The van der Waals surface area contributed by atoms with Gasteiger partial charge >= 0.3 is 0 Å². The SMILES string of the molecule is C1CC2OCOC2CN1. The van der Waals surface area contributed by atoms with Gasteiger partial charge in [0.15, 0.2) is 0 Å². The third-order valence-electron chi connectivity index (χ3n) is 1.93. The quantitative estimate of drug-likeness (QED) is 0.488. The highest BCUT2D eigenvalue weighted by molar-refractivity contribution is 4.81. The molecular formula is C6H11NO2. The van der Waals surface area contributed by atoms with E-state index in [1.807, 2.05) is 0 Å². The van der Waals surface area contributed by atoms with Gasteiger partial charge in [0.05, 0.1) is 12.2 Å². The number of piperidine rings is 1. The zero-order chi connectivity index (χ0) is 6.10. The molecule has 2 heterocycles. The van der Waals surface area contributed by atoms with E-state index in [1.54, 1.807) is 0 Å². The van der Waals surface area contributed by atoms with Crippen molar-refractivity contribution in [3.8, 4) is 0 Å². The highest BCUT2D eigenvalue weighted by Crippen LogP contribution is 2.17. The smallest absolute Gasteiger partial charge is 0.147 e. The first-order valence-corrected chi connectivity index (χ1v) is 3.41. The number of fused-ring (bicyclic) bond motifs is 1. The van der Waals surface area contributed by atoms with Gasteiger partial charge in [-0.15, -0.1) is 0 Å². The molecule has 2 atom stereocenters. The van der Waals surface area contributed by atoms with Crippen molar-refractivity contribution in [2.75, 3.05) is 19.9 Å². The topological polar surface area (TPSA) is 30.5 Å². The first-order chi connectivity index (χ1) is 4.47. The Bertz CT molecular complexity index is 95.2. The summed E-state index contributed by atoms with van der Waals surface area (Å²) in [5.74, 6) is 0. The first-order valence-electron chi connectivity index (χ1n) is 3.41. The largest absolute Gasteiger partial charge is 0.349 e. The molecule has 0 saturated carbocycles. The van der Waals surface area contributed by atoms with Crippen molar-refractivity contribution in [1.29, 1.82) is 0 Å². The second-order valence-corrected chi connectivity index (χ2v) is 2.52. The first kappa shape index (κ1) is 5.65. The average molecular weight is 129 g/mol. The molecule has 2 aliphatic heterocycles. The Labute approximate surface area is 54.3 Å². The van der Waals surface area contributed by atoms with Gasteiger partial charge in [0, 0.05) is 6.54 Å². The van der Waals surface area contributed by atoms with E-state index in [2.05, 4.69) is 5.32 Å². The lowest BCUT2D eigenvalue weighted by molar-refractivity contribution is 0.0410. The van der Waals surface area contributed by atoms with Crippen LogP contribution in [-0.2, 0) is 9.47 Å². The van der Waals surface area contributed by atoms with Crippen LogP contribution in [0.15, 0.2) is 0 Å². The van der Waals surface area contributed by atoms with Crippen LogP contribution in [0.25, 0.3) is 0 Å². The summed E-state index contributed by atoms with van der Waals surface area (Å²) in [4.78, 5) is 0. The predicted molar refractivity (Wildman–Crippen MR) is 32.1 cm³/mol. The standard InChI is InChI=1S/C6H11NO2/c1-2-7-3-6-5(1)8-4-9-6/h5-7H,1-4H2. The summed E-state index contributed by atoms with van der Waals surface area (Å²) in [5, 5.41) is 3.25. The van der Waals surface area contributed by atoms with Crippen LogP contribution in [0.2, 0.25) is 0 Å². The maximum Gasteiger partial charge on any atom is 0.147 e. The van der Waals surface area contributed by atoms with Crippen molar-refractivity contribution in [3.63, 3.8) is 0 Å². The van der Waals surface area contributed by atoms with Crippen LogP contribution in [-0.4, -0.2) is 32.1 Å². The van der Waals surface area contributed by atoms with Gasteiger partial charge in [-0.3, -0.25) is 0 Å². The molecule has 1 N–H and O–H groups in total. The average Bonchev–Trinajstić information content (AvgIpc) is 2.33. The molecule has 52 valence electrons. The molecule has 0 aliphatic carbocycles. The summed E-state index contributed by atoms with van der Waals surface area (Å²) in [6, 6.07) is 0. The molecule has 9 heavy (non-hydrogen) atoms. The second kappa shape index (κ2) is 2.25. The van der Waals surface area contributed by atoms with E-state index in [1.165, 1.54) is 0 Å². The summed E-state index contributed by atoms with van der Waals surface area (Å²) in [6.07, 6.45) is 1.81.